The topological polar surface area (TPSA) is 111 Å². The summed E-state index contributed by atoms with van der Waals surface area (Å²) in [7, 11) is -2.24. The van der Waals surface area contributed by atoms with Crippen LogP contribution in [-0.2, 0) is 10.0 Å². The highest BCUT2D eigenvalue weighted by Gasteiger charge is 2.17. The van der Waals surface area contributed by atoms with Crippen molar-refractivity contribution in [1.82, 2.24) is 24.8 Å². The van der Waals surface area contributed by atoms with Gasteiger partial charge in [0.25, 0.3) is 10.0 Å². The van der Waals surface area contributed by atoms with Crippen LogP contribution >= 0.6 is 0 Å². The molecule has 0 aliphatic carbocycles. The number of nitrogens with zero attached hydrogens (tertiary/aromatic N) is 5. The first kappa shape index (κ1) is 21.5. The Morgan fingerprint density at radius 3 is 2.56 bits per heavy atom. The second kappa shape index (κ2) is 8.56. The molecule has 0 saturated heterocycles. The van der Waals surface area contributed by atoms with Gasteiger partial charge in [-0.2, -0.15) is 9.61 Å². The number of methoxy groups -OCH3 is 1. The number of fused-ring (bicyclic) bond motifs is 1. The van der Waals surface area contributed by atoms with Crippen LogP contribution in [0.4, 0.5) is 5.69 Å². The summed E-state index contributed by atoms with van der Waals surface area (Å²) in [5, 5.41) is 13.0. The van der Waals surface area contributed by atoms with Crippen LogP contribution in [0.1, 0.15) is 5.56 Å². The van der Waals surface area contributed by atoms with Gasteiger partial charge in [-0.1, -0.05) is 18.2 Å². The van der Waals surface area contributed by atoms with Crippen LogP contribution in [0.25, 0.3) is 28.4 Å². The lowest BCUT2D eigenvalue weighted by molar-refractivity contribution is 0.411. The fraction of sp³-hybridized carbons (Fsp3) is 0.0833. The van der Waals surface area contributed by atoms with E-state index in [0.717, 1.165) is 11.1 Å². The summed E-state index contributed by atoms with van der Waals surface area (Å²) < 4.78 is 35.4. The number of nitrogens with one attached hydrogen (secondary N) is 1. The lowest BCUT2D eigenvalue weighted by Crippen LogP contribution is -2.13. The number of pyridine rings is 1. The Balaban J connectivity index is 1.48. The molecule has 9 nitrogen and oxygen atoms in total. The summed E-state index contributed by atoms with van der Waals surface area (Å²) in [6.07, 6.45) is 1.68. The first-order valence-electron chi connectivity index (χ1n) is 10.4. The molecule has 1 N–H and O–H groups in total. The van der Waals surface area contributed by atoms with E-state index in [9.17, 15) is 8.42 Å². The molecule has 2 aromatic carbocycles. The molecule has 0 unspecified atom stereocenters. The van der Waals surface area contributed by atoms with E-state index in [-0.39, 0.29) is 4.90 Å². The predicted octanol–water partition coefficient (Wildman–Crippen LogP) is 3.97. The van der Waals surface area contributed by atoms with Crippen molar-refractivity contribution in [1.29, 1.82) is 0 Å². The van der Waals surface area contributed by atoms with E-state index < -0.39 is 10.0 Å². The van der Waals surface area contributed by atoms with Crippen LogP contribution < -0.4 is 9.46 Å². The Hall–Kier alpha value is -4.31. The highest BCUT2D eigenvalue weighted by Crippen LogP contribution is 2.26. The third-order valence-corrected chi connectivity index (χ3v) is 6.62. The minimum Gasteiger partial charge on any atom is -0.496 e. The molecule has 10 heteroatoms. The summed E-state index contributed by atoms with van der Waals surface area (Å²) in [6.45, 7) is 1.80. The van der Waals surface area contributed by atoms with Crippen molar-refractivity contribution in [3.8, 4) is 28.5 Å². The number of sulfonamides is 1. The normalized spacial score (nSPS) is 11.5. The maximum Gasteiger partial charge on any atom is 0.261 e. The molecule has 0 amide bonds. The van der Waals surface area contributed by atoms with Gasteiger partial charge in [0.2, 0.25) is 5.82 Å². The second-order valence-electron chi connectivity index (χ2n) is 7.54. The van der Waals surface area contributed by atoms with Crippen LogP contribution in [0.5, 0.6) is 5.75 Å². The first-order valence-corrected chi connectivity index (χ1v) is 11.8. The van der Waals surface area contributed by atoms with E-state index in [0.29, 0.717) is 34.3 Å². The largest absolute Gasteiger partial charge is 0.496 e. The fourth-order valence-electron chi connectivity index (χ4n) is 3.57. The molecule has 5 rings (SSSR count). The lowest BCUT2D eigenvalue weighted by atomic mass is 10.1. The highest BCUT2D eigenvalue weighted by molar-refractivity contribution is 7.92. The number of aryl methyl sites for hydroxylation is 1. The molecule has 0 fully saturated rings. The number of aromatic nitrogens is 5. The van der Waals surface area contributed by atoms with Gasteiger partial charge in [-0.3, -0.25) is 9.71 Å². The van der Waals surface area contributed by atoms with Crippen LogP contribution in [0.3, 0.4) is 0 Å². The van der Waals surface area contributed by atoms with Crippen molar-refractivity contribution >= 4 is 21.4 Å². The zero-order chi connectivity index (χ0) is 23.7. The zero-order valence-corrected chi connectivity index (χ0v) is 19.2. The molecule has 0 atom stereocenters. The lowest BCUT2D eigenvalue weighted by Gasteiger charge is -2.11. The van der Waals surface area contributed by atoms with Crippen LogP contribution in [-0.4, -0.2) is 40.3 Å². The quantitative estimate of drug-likeness (QED) is 0.398. The van der Waals surface area contributed by atoms with Gasteiger partial charge >= 0.3 is 0 Å². The molecule has 3 aromatic heterocycles. The van der Waals surface area contributed by atoms with Gasteiger partial charge in [0.15, 0.2) is 5.65 Å². The van der Waals surface area contributed by atoms with Crippen molar-refractivity contribution in [2.24, 2.45) is 0 Å². The number of anilines is 1. The molecule has 3 heterocycles. The van der Waals surface area contributed by atoms with E-state index in [1.54, 1.807) is 61.1 Å². The average Bonchev–Trinajstić information content (AvgIpc) is 3.28. The maximum absolute atomic E-state index is 12.9. The van der Waals surface area contributed by atoms with Crippen LogP contribution in [0.2, 0.25) is 0 Å². The maximum atomic E-state index is 12.9. The SMILES string of the molecule is COc1ccc(S(=O)(=O)Nc2cccc(-c3ccc4nnc(-c5ccccn5)n4n3)c2)cc1C. The minimum atomic E-state index is -3.79. The number of hydrogen-bond acceptors (Lipinski definition) is 7. The summed E-state index contributed by atoms with van der Waals surface area (Å²) >= 11 is 0. The van der Waals surface area contributed by atoms with E-state index in [1.165, 1.54) is 6.07 Å². The molecule has 0 saturated carbocycles. The Kier molecular flexibility index (Phi) is 5.42. The van der Waals surface area contributed by atoms with Crippen LogP contribution in [0.15, 0.2) is 83.9 Å². The predicted molar refractivity (Wildman–Crippen MR) is 128 cm³/mol. The van der Waals surface area contributed by atoms with Crippen molar-refractivity contribution in [2.45, 2.75) is 11.8 Å². The number of hydrogen-bond donors (Lipinski definition) is 1. The Labute approximate surface area is 196 Å². The zero-order valence-electron chi connectivity index (χ0n) is 18.4. The summed E-state index contributed by atoms with van der Waals surface area (Å²) in [4.78, 5) is 4.48. The van der Waals surface area contributed by atoms with E-state index in [1.807, 2.05) is 30.3 Å². The van der Waals surface area contributed by atoms with Gasteiger partial charge in [-0.15, -0.1) is 10.2 Å². The first-order chi connectivity index (χ1) is 16.4. The molecule has 0 spiro atoms. The Bertz CT molecular complexity index is 1600. The van der Waals surface area contributed by atoms with E-state index >= 15 is 0 Å². The third kappa shape index (κ3) is 4.06. The van der Waals surface area contributed by atoms with Crippen molar-refractivity contribution in [2.75, 3.05) is 11.8 Å². The average molecular weight is 473 g/mol. The number of ether oxygens (including phenoxy) is 1. The highest BCUT2D eigenvalue weighted by atomic mass is 32.2. The van der Waals surface area contributed by atoms with Crippen molar-refractivity contribution in [3.05, 3.63) is 84.6 Å². The van der Waals surface area contributed by atoms with E-state index in [4.69, 9.17) is 4.74 Å². The number of benzene rings is 2. The fourth-order valence-corrected chi connectivity index (χ4v) is 4.71. The molecular formula is C24H20N6O3S. The van der Waals surface area contributed by atoms with Crippen molar-refractivity contribution < 1.29 is 13.2 Å². The third-order valence-electron chi connectivity index (χ3n) is 5.24. The molecule has 0 aliphatic rings. The minimum absolute atomic E-state index is 0.153. The van der Waals surface area contributed by atoms with Gasteiger partial charge in [-0.25, -0.2) is 8.42 Å². The Morgan fingerprint density at radius 1 is 0.912 bits per heavy atom. The summed E-state index contributed by atoms with van der Waals surface area (Å²) in [5.41, 5.74) is 3.74. The molecule has 5 aromatic rings. The monoisotopic (exact) mass is 472 g/mol. The van der Waals surface area contributed by atoms with Crippen LogP contribution in [0, 0.1) is 6.92 Å². The molecule has 0 bridgehead atoms. The molecule has 34 heavy (non-hydrogen) atoms. The Morgan fingerprint density at radius 2 is 1.79 bits per heavy atom. The van der Waals surface area contributed by atoms with Gasteiger partial charge < -0.3 is 4.74 Å². The smallest absolute Gasteiger partial charge is 0.261 e. The van der Waals surface area contributed by atoms with Gasteiger partial charge in [-0.05, 0) is 67.1 Å². The summed E-state index contributed by atoms with van der Waals surface area (Å²) in [5.74, 6) is 1.14. The second-order valence-corrected chi connectivity index (χ2v) is 9.23. The number of rotatable bonds is 6. The summed E-state index contributed by atoms with van der Waals surface area (Å²) in [6, 6.07) is 20.9. The van der Waals surface area contributed by atoms with Crippen molar-refractivity contribution in [3.63, 3.8) is 0 Å². The van der Waals surface area contributed by atoms with Gasteiger partial charge in [0.1, 0.15) is 11.4 Å². The molecule has 0 aliphatic heterocycles. The van der Waals surface area contributed by atoms with Gasteiger partial charge in [0, 0.05) is 17.4 Å². The molecule has 0 radical (unpaired) electrons. The standard InChI is InChI=1S/C24H20N6O3S/c1-16-14-19(9-11-22(16)33-2)34(31,32)29-18-7-5-6-17(15-18)20-10-12-23-26-27-24(30(23)28-20)21-8-3-4-13-25-21/h3-15,29H,1-2H3. The molecular weight excluding hydrogens is 452 g/mol. The molecule has 170 valence electrons. The van der Waals surface area contributed by atoms with E-state index in [2.05, 4.69) is 25.0 Å². The van der Waals surface area contributed by atoms with Gasteiger partial charge in [0.05, 0.1) is 17.7 Å².